The molecule has 15 heteroatoms. The largest absolute Gasteiger partial charge is 0.457 e. The Labute approximate surface area is 345 Å². The van der Waals surface area contributed by atoms with Gasteiger partial charge in [-0.1, -0.05) is 13.8 Å². The van der Waals surface area contributed by atoms with Crippen LogP contribution in [0.4, 0.5) is 11.4 Å². The van der Waals surface area contributed by atoms with E-state index in [4.69, 9.17) is 9.47 Å². The van der Waals surface area contributed by atoms with Gasteiger partial charge in [-0.25, -0.2) is 16.8 Å². The summed E-state index contributed by atoms with van der Waals surface area (Å²) in [5.41, 5.74) is 2.84. The van der Waals surface area contributed by atoms with Gasteiger partial charge in [0.25, 0.3) is 5.56 Å². The van der Waals surface area contributed by atoms with Gasteiger partial charge < -0.3 is 34.9 Å². The van der Waals surface area contributed by atoms with E-state index in [1.807, 2.05) is 48.5 Å². The molecule has 9 rings (SSSR count). The number of hydrogen-bond donors (Lipinski definition) is 3. The van der Waals surface area contributed by atoms with Crippen LogP contribution in [0.1, 0.15) is 39.5 Å². The minimum absolute atomic E-state index is 0.00421. The van der Waals surface area contributed by atoms with E-state index in [2.05, 4.69) is 25.4 Å². The van der Waals surface area contributed by atoms with Crippen molar-refractivity contribution in [3.8, 4) is 34.3 Å². The molecule has 4 aliphatic rings. The van der Waals surface area contributed by atoms with Gasteiger partial charge in [-0.15, -0.1) is 0 Å². The van der Waals surface area contributed by atoms with Crippen molar-refractivity contribution >= 4 is 42.0 Å². The second kappa shape index (κ2) is 15.0. The van der Waals surface area contributed by atoms with Gasteiger partial charge in [-0.3, -0.25) is 9.36 Å². The van der Waals surface area contributed by atoms with Gasteiger partial charge in [0.2, 0.25) is 0 Å². The van der Waals surface area contributed by atoms with Crippen molar-refractivity contribution in [3.05, 3.63) is 83.2 Å². The van der Waals surface area contributed by atoms with E-state index in [-0.39, 0.29) is 55.1 Å². The quantitative estimate of drug-likeness (QED) is 0.142. The standard InChI is InChI=1S/C44H52N6O7S2/c1-4-58(52,53)34-14-15-37(56-32-10-6-30(7-11-32)49-26-43(27-49)16-20-45-21-17-43)35(24-34)39-36-25-38(47-40(36)41(51)48(3)42(39)59(54,55)5-2)57-33-12-8-31(9-13-33)50-28-44(29-50)18-22-46-23-19-44/h6-15,24-25,45-47H,4-5,16-23,26-29H2,1-3H3. The number of nitrogens with zero attached hydrogens (tertiary/aromatic N) is 3. The van der Waals surface area contributed by atoms with Gasteiger partial charge in [-0.2, -0.15) is 0 Å². The van der Waals surface area contributed by atoms with Crippen LogP contribution in [0.25, 0.3) is 22.0 Å². The molecule has 2 spiro atoms. The van der Waals surface area contributed by atoms with Crippen molar-refractivity contribution in [2.45, 2.75) is 49.5 Å². The zero-order valence-corrected chi connectivity index (χ0v) is 35.5. The Morgan fingerprint density at radius 2 is 1.17 bits per heavy atom. The zero-order valence-electron chi connectivity index (χ0n) is 33.8. The summed E-state index contributed by atoms with van der Waals surface area (Å²) in [5.74, 6) is 1.02. The van der Waals surface area contributed by atoms with Crippen LogP contribution in [-0.2, 0) is 26.7 Å². The van der Waals surface area contributed by atoms with Crippen LogP contribution in [0.5, 0.6) is 23.1 Å². The Hall–Kier alpha value is -4.83. The van der Waals surface area contributed by atoms with Crippen molar-refractivity contribution in [1.29, 1.82) is 0 Å². The van der Waals surface area contributed by atoms with Crippen LogP contribution in [0.2, 0.25) is 0 Å². The first-order chi connectivity index (χ1) is 28.3. The normalized spacial score (nSPS) is 18.8. The molecule has 0 amide bonds. The zero-order chi connectivity index (χ0) is 41.2. The summed E-state index contributed by atoms with van der Waals surface area (Å²) >= 11 is 0. The molecule has 0 bridgehead atoms. The molecule has 4 fully saturated rings. The van der Waals surface area contributed by atoms with E-state index in [0.717, 1.165) is 68.3 Å². The first-order valence-electron chi connectivity index (χ1n) is 20.6. The number of aromatic nitrogens is 2. The molecule has 0 aliphatic carbocycles. The first-order valence-corrected chi connectivity index (χ1v) is 23.9. The van der Waals surface area contributed by atoms with Gasteiger partial charge in [-0.05, 0) is 119 Å². The molecule has 0 unspecified atom stereocenters. The lowest BCUT2D eigenvalue weighted by molar-refractivity contribution is 0.150. The van der Waals surface area contributed by atoms with Gasteiger partial charge in [0.15, 0.2) is 25.6 Å². The maximum absolute atomic E-state index is 14.0. The van der Waals surface area contributed by atoms with Crippen LogP contribution < -0.4 is 35.5 Å². The molecule has 0 radical (unpaired) electrons. The fourth-order valence-corrected chi connectivity index (χ4v) is 11.7. The number of sulfone groups is 2. The molecule has 13 nitrogen and oxygen atoms in total. The third kappa shape index (κ3) is 7.29. The van der Waals surface area contributed by atoms with Gasteiger partial charge in [0.1, 0.15) is 27.8 Å². The third-order valence-electron chi connectivity index (χ3n) is 13.0. The summed E-state index contributed by atoms with van der Waals surface area (Å²) in [6.45, 7) is 11.4. The lowest BCUT2D eigenvalue weighted by Crippen LogP contribution is -2.60. The maximum atomic E-state index is 14.0. The van der Waals surface area contributed by atoms with Crippen LogP contribution in [-0.4, -0.2) is 90.3 Å². The molecule has 4 saturated heterocycles. The predicted molar refractivity (Wildman–Crippen MR) is 231 cm³/mol. The lowest BCUT2D eigenvalue weighted by Gasteiger charge is -2.53. The molecule has 5 aromatic rings. The van der Waals surface area contributed by atoms with Crippen molar-refractivity contribution < 1.29 is 26.3 Å². The Bertz CT molecular complexity index is 2660. The van der Waals surface area contributed by atoms with Gasteiger partial charge >= 0.3 is 0 Å². The van der Waals surface area contributed by atoms with Crippen molar-refractivity contribution in [2.75, 3.05) is 73.7 Å². The highest BCUT2D eigenvalue weighted by molar-refractivity contribution is 7.91. The van der Waals surface area contributed by atoms with Crippen LogP contribution >= 0.6 is 0 Å². The third-order valence-corrected chi connectivity index (χ3v) is 16.6. The SMILES string of the molecule is CCS(=O)(=O)c1ccc(Oc2ccc(N3CC4(CCNCC4)C3)cc2)c(-c2c(S(=O)(=O)CC)n(C)c(=O)c3[nH]c(Oc4ccc(N5CC6(CCNCC6)C5)cc4)cc23)c1. The number of anilines is 2. The first kappa shape index (κ1) is 39.6. The molecule has 6 heterocycles. The van der Waals surface area contributed by atoms with Crippen LogP contribution in [0.3, 0.4) is 0 Å². The molecular formula is C44H52N6O7S2. The number of H-pyrrole nitrogens is 1. The number of piperidine rings is 2. The summed E-state index contributed by atoms with van der Waals surface area (Å²) in [6, 6.07) is 21.6. The van der Waals surface area contributed by atoms with E-state index < -0.39 is 25.2 Å². The Kier molecular flexibility index (Phi) is 10.1. The summed E-state index contributed by atoms with van der Waals surface area (Å²) in [4.78, 5) is 21.8. The maximum Gasteiger partial charge on any atom is 0.275 e. The molecule has 0 atom stereocenters. The summed E-state index contributed by atoms with van der Waals surface area (Å²) in [7, 11) is -6.40. The van der Waals surface area contributed by atoms with Crippen molar-refractivity contribution in [1.82, 2.24) is 20.2 Å². The molecule has 3 aromatic carbocycles. The number of benzene rings is 3. The van der Waals surface area contributed by atoms with Crippen LogP contribution in [0, 0.1) is 10.8 Å². The second-order valence-corrected chi connectivity index (χ2v) is 21.3. The van der Waals surface area contributed by atoms with Gasteiger partial charge in [0, 0.05) is 78.0 Å². The molecule has 312 valence electrons. The highest BCUT2D eigenvalue weighted by Crippen LogP contribution is 2.45. The smallest absolute Gasteiger partial charge is 0.275 e. The molecule has 0 saturated carbocycles. The Morgan fingerprint density at radius 3 is 1.68 bits per heavy atom. The predicted octanol–water partition coefficient (Wildman–Crippen LogP) is 6.09. The minimum Gasteiger partial charge on any atom is -0.457 e. The second-order valence-electron chi connectivity index (χ2n) is 16.8. The number of nitrogens with one attached hydrogen (secondary N) is 3. The topological polar surface area (TPSA) is 155 Å². The van der Waals surface area contributed by atoms with Crippen molar-refractivity contribution in [3.63, 3.8) is 0 Å². The molecule has 2 aromatic heterocycles. The van der Waals surface area contributed by atoms with E-state index in [1.54, 1.807) is 19.1 Å². The highest BCUT2D eigenvalue weighted by atomic mass is 32.2. The Morgan fingerprint density at radius 1 is 0.661 bits per heavy atom. The number of rotatable bonds is 11. The molecular weight excluding hydrogens is 789 g/mol. The summed E-state index contributed by atoms with van der Waals surface area (Å²) in [5, 5.41) is 6.92. The average molecular weight is 841 g/mol. The van der Waals surface area contributed by atoms with Crippen molar-refractivity contribution in [2.24, 2.45) is 17.9 Å². The molecule has 59 heavy (non-hydrogen) atoms. The molecule has 3 N–H and O–H groups in total. The highest BCUT2D eigenvalue weighted by Gasteiger charge is 2.44. The molecule has 4 aliphatic heterocycles. The lowest BCUT2D eigenvalue weighted by atomic mass is 9.72. The van der Waals surface area contributed by atoms with E-state index >= 15 is 0 Å². The minimum atomic E-state index is -4.07. The fraction of sp³-hybridized carbons (Fsp3) is 0.432. The summed E-state index contributed by atoms with van der Waals surface area (Å²) < 4.78 is 68.6. The number of ether oxygens (including phenoxy) is 2. The number of aromatic amines is 1. The Balaban J connectivity index is 1.08. The van der Waals surface area contributed by atoms with E-state index in [1.165, 1.54) is 51.8 Å². The number of pyridine rings is 1. The number of hydrogen-bond acceptors (Lipinski definition) is 11. The van der Waals surface area contributed by atoms with Gasteiger partial charge in [0.05, 0.1) is 16.4 Å². The van der Waals surface area contributed by atoms with Crippen LogP contribution in [0.15, 0.2) is 87.5 Å². The van der Waals surface area contributed by atoms with E-state index in [0.29, 0.717) is 22.3 Å². The fourth-order valence-electron chi connectivity index (χ4n) is 9.45. The van der Waals surface area contributed by atoms with E-state index in [9.17, 15) is 21.6 Å². The number of fused-ring (bicyclic) bond motifs is 1. The summed E-state index contributed by atoms with van der Waals surface area (Å²) in [6.07, 6.45) is 4.71. The average Bonchev–Trinajstić information content (AvgIpc) is 3.65. The monoisotopic (exact) mass is 840 g/mol.